The summed E-state index contributed by atoms with van der Waals surface area (Å²) in [5, 5.41) is 2.85. The molecule has 126 valence electrons. The lowest BCUT2D eigenvalue weighted by molar-refractivity contribution is -0.123. The van der Waals surface area contributed by atoms with Crippen LogP contribution in [0.15, 0.2) is 54.6 Å². The molecular formula is C19H22N2O3. The number of amides is 2. The van der Waals surface area contributed by atoms with Crippen LogP contribution in [0.1, 0.15) is 12.5 Å². The summed E-state index contributed by atoms with van der Waals surface area (Å²) in [6.07, 6.45) is 0.723. The van der Waals surface area contributed by atoms with Gasteiger partial charge in [0.1, 0.15) is 12.3 Å². The van der Waals surface area contributed by atoms with Crippen molar-refractivity contribution in [1.29, 1.82) is 0 Å². The van der Waals surface area contributed by atoms with Crippen LogP contribution in [-0.4, -0.2) is 32.0 Å². The molecule has 0 heterocycles. The lowest BCUT2D eigenvalue weighted by Gasteiger charge is -2.20. The van der Waals surface area contributed by atoms with Crippen LogP contribution in [0.3, 0.4) is 0 Å². The molecule has 5 nitrogen and oxygen atoms in total. The summed E-state index contributed by atoms with van der Waals surface area (Å²) < 4.78 is 5.11. The topological polar surface area (TPSA) is 58.6 Å². The quantitative estimate of drug-likeness (QED) is 0.850. The molecule has 0 atom stereocenters. The molecule has 0 saturated carbocycles. The molecule has 0 saturated heterocycles. The first-order valence-corrected chi connectivity index (χ1v) is 7.83. The minimum atomic E-state index is -0.178. The third-order valence-corrected chi connectivity index (χ3v) is 3.64. The van der Waals surface area contributed by atoms with Crippen molar-refractivity contribution >= 4 is 17.5 Å². The molecule has 0 aliphatic rings. The van der Waals surface area contributed by atoms with E-state index in [0.717, 1.165) is 23.4 Å². The highest BCUT2D eigenvalue weighted by Gasteiger charge is 2.15. The van der Waals surface area contributed by atoms with E-state index in [2.05, 4.69) is 5.32 Å². The fourth-order valence-electron chi connectivity index (χ4n) is 2.33. The van der Waals surface area contributed by atoms with E-state index < -0.39 is 0 Å². The van der Waals surface area contributed by atoms with Crippen LogP contribution in [-0.2, 0) is 16.0 Å². The van der Waals surface area contributed by atoms with Crippen molar-refractivity contribution in [1.82, 2.24) is 5.32 Å². The van der Waals surface area contributed by atoms with Gasteiger partial charge in [-0.3, -0.25) is 9.59 Å². The highest BCUT2D eigenvalue weighted by atomic mass is 16.5. The number of hydrogen-bond acceptors (Lipinski definition) is 3. The number of benzene rings is 2. The Morgan fingerprint density at radius 2 is 1.71 bits per heavy atom. The minimum Gasteiger partial charge on any atom is -0.497 e. The molecule has 0 bridgehead atoms. The van der Waals surface area contributed by atoms with Gasteiger partial charge in [-0.25, -0.2) is 0 Å². The summed E-state index contributed by atoms with van der Waals surface area (Å²) in [5.74, 6) is 0.469. The van der Waals surface area contributed by atoms with Gasteiger partial charge < -0.3 is 15.0 Å². The van der Waals surface area contributed by atoms with Gasteiger partial charge in [0.05, 0.1) is 7.11 Å². The minimum absolute atomic E-state index is 0.0158. The van der Waals surface area contributed by atoms with E-state index in [-0.39, 0.29) is 18.4 Å². The van der Waals surface area contributed by atoms with Gasteiger partial charge >= 0.3 is 0 Å². The lowest BCUT2D eigenvalue weighted by atomic mass is 10.1. The second-order valence-corrected chi connectivity index (χ2v) is 5.39. The Morgan fingerprint density at radius 3 is 2.29 bits per heavy atom. The zero-order valence-electron chi connectivity index (χ0n) is 14.0. The number of carbonyl (C=O) groups excluding carboxylic acids is 2. The Morgan fingerprint density at radius 1 is 1.04 bits per heavy atom. The molecule has 2 aromatic carbocycles. The highest BCUT2D eigenvalue weighted by Crippen LogP contribution is 2.13. The van der Waals surface area contributed by atoms with Crippen molar-refractivity contribution in [2.24, 2.45) is 0 Å². The molecule has 0 spiro atoms. The molecule has 0 radical (unpaired) electrons. The third-order valence-electron chi connectivity index (χ3n) is 3.64. The van der Waals surface area contributed by atoms with Crippen molar-refractivity contribution in [3.8, 4) is 5.75 Å². The zero-order valence-corrected chi connectivity index (χ0v) is 14.0. The van der Waals surface area contributed by atoms with Gasteiger partial charge in [0.25, 0.3) is 0 Å². The fourth-order valence-corrected chi connectivity index (χ4v) is 2.33. The third kappa shape index (κ3) is 5.12. The number of hydrogen-bond donors (Lipinski definition) is 1. The van der Waals surface area contributed by atoms with Crippen molar-refractivity contribution in [2.75, 3.05) is 25.1 Å². The van der Waals surface area contributed by atoms with Crippen molar-refractivity contribution in [3.05, 3.63) is 60.2 Å². The normalized spacial score (nSPS) is 10.1. The number of nitrogens with one attached hydrogen (secondary N) is 1. The van der Waals surface area contributed by atoms with Crippen LogP contribution in [0.4, 0.5) is 5.69 Å². The van der Waals surface area contributed by atoms with Crippen LogP contribution in [0.2, 0.25) is 0 Å². The lowest BCUT2D eigenvalue weighted by Crippen LogP contribution is -2.40. The second-order valence-electron chi connectivity index (χ2n) is 5.39. The monoisotopic (exact) mass is 326 g/mol. The van der Waals surface area contributed by atoms with Crippen molar-refractivity contribution < 1.29 is 14.3 Å². The molecule has 2 rings (SSSR count). The summed E-state index contributed by atoms with van der Waals surface area (Å²) in [5.41, 5.74) is 1.83. The molecule has 0 aliphatic heterocycles. The van der Waals surface area contributed by atoms with Crippen molar-refractivity contribution in [2.45, 2.75) is 13.3 Å². The summed E-state index contributed by atoms with van der Waals surface area (Å²) in [6, 6.07) is 16.9. The van der Waals surface area contributed by atoms with E-state index in [0.29, 0.717) is 6.54 Å². The van der Waals surface area contributed by atoms with Gasteiger partial charge in [-0.05, 0) is 36.2 Å². The first-order valence-electron chi connectivity index (χ1n) is 7.83. The first-order chi connectivity index (χ1) is 11.6. The number of methoxy groups -OCH3 is 1. The number of para-hydroxylation sites is 1. The average molecular weight is 326 g/mol. The molecule has 0 aliphatic carbocycles. The Hall–Kier alpha value is -2.82. The van der Waals surface area contributed by atoms with Gasteiger partial charge in [0, 0.05) is 19.2 Å². The van der Waals surface area contributed by atoms with Crippen LogP contribution in [0.5, 0.6) is 5.75 Å². The fraction of sp³-hybridized carbons (Fsp3) is 0.263. The predicted molar refractivity (Wildman–Crippen MR) is 94.2 cm³/mol. The van der Waals surface area contributed by atoms with Gasteiger partial charge in [-0.2, -0.15) is 0 Å². The molecule has 2 amide bonds. The number of anilines is 1. The van der Waals surface area contributed by atoms with E-state index in [1.807, 2.05) is 54.6 Å². The molecule has 24 heavy (non-hydrogen) atoms. The molecule has 2 aromatic rings. The molecule has 0 fully saturated rings. The van der Waals surface area contributed by atoms with Gasteiger partial charge in [-0.1, -0.05) is 30.3 Å². The van der Waals surface area contributed by atoms with Crippen LogP contribution in [0.25, 0.3) is 0 Å². The SMILES string of the molecule is COc1ccc(CCNC(=O)CN(C(C)=O)c2ccccc2)cc1. The maximum atomic E-state index is 12.1. The largest absolute Gasteiger partial charge is 0.497 e. The summed E-state index contributed by atoms with van der Waals surface area (Å²) in [4.78, 5) is 25.3. The van der Waals surface area contributed by atoms with E-state index >= 15 is 0 Å². The summed E-state index contributed by atoms with van der Waals surface area (Å²) in [6.45, 7) is 1.99. The Bertz CT molecular complexity index is 669. The van der Waals surface area contributed by atoms with Crippen LogP contribution < -0.4 is 15.0 Å². The molecule has 1 N–H and O–H groups in total. The molecule has 5 heteroatoms. The zero-order chi connectivity index (χ0) is 17.4. The van der Waals surface area contributed by atoms with Crippen LogP contribution in [0, 0.1) is 0 Å². The van der Waals surface area contributed by atoms with Gasteiger partial charge in [-0.15, -0.1) is 0 Å². The average Bonchev–Trinajstić information content (AvgIpc) is 2.61. The number of nitrogens with zero attached hydrogens (tertiary/aromatic N) is 1. The maximum absolute atomic E-state index is 12.1. The Balaban J connectivity index is 1.84. The molecule has 0 unspecified atom stereocenters. The van der Waals surface area contributed by atoms with E-state index in [1.54, 1.807) is 7.11 Å². The number of ether oxygens (including phenoxy) is 1. The first kappa shape index (κ1) is 17.5. The number of carbonyl (C=O) groups is 2. The Labute approximate surface area is 142 Å². The van der Waals surface area contributed by atoms with Gasteiger partial charge in [0.2, 0.25) is 11.8 Å². The van der Waals surface area contributed by atoms with E-state index in [1.165, 1.54) is 11.8 Å². The second kappa shape index (κ2) is 8.72. The number of rotatable bonds is 7. The Kier molecular flexibility index (Phi) is 6.37. The van der Waals surface area contributed by atoms with Crippen molar-refractivity contribution in [3.63, 3.8) is 0 Å². The highest BCUT2D eigenvalue weighted by molar-refractivity contribution is 5.97. The van der Waals surface area contributed by atoms with Crippen LogP contribution >= 0.6 is 0 Å². The summed E-state index contributed by atoms with van der Waals surface area (Å²) >= 11 is 0. The smallest absolute Gasteiger partial charge is 0.240 e. The van der Waals surface area contributed by atoms with Gasteiger partial charge in [0.15, 0.2) is 0 Å². The predicted octanol–water partition coefficient (Wildman–Crippen LogP) is 2.41. The maximum Gasteiger partial charge on any atom is 0.240 e. The standard InChI is InChI=1S/C19H22N2O3/c1-15(22)21(17-6-4-3-5-7-17)14-19(23)20-13-12-16-8-10-18(24-2)11-9-16/h3-11H,12-14H2,1-2H3,(H,20,23). The molecular weight excluding hydrogens is 304 g/mol. The molecule has 0 aromatic heterocycles. The summed E-state index contributed by atoms with van der Waals surface area (Å²) in [7, 11) is 1.63. The van der Waals surface area contributed by atoms with E-state index in [9.17, 15) is 9.59 Å². The van der Waals surface area contributed by atoms with E-state index in [4.69, 9.17) is 4.74 Å².